The summed E-state index contributed by atoms with van der Waals surface area (Å²) in [5, 5.41) is 13.2. The number of aromatic nitrogens is 3. The Morgan fingerprint density at radius 3 is 2.74 bits per heavy atom. The van der Waals surface area contributed by atoms with Crippen LogP contribution in [0.15, 0.2) is 35.3 Å². The summed E-state index contributed by atoms with van der Waals surface area (Å²) >= 11 is 0. The molecule has 6 heteroatoms. The fourth-order valence-electron chi connectivity index (χ4n) is 1.70. The van der Waals surface area contributed by atoms with Gasteiger partial charge in [0.25, 0.3) is 5.56 Å². The summed E-state index contributed by atoms with van der Waals surface area (Å²) in [6.07, 6.45) is 2.28. The van der Waals surface area contributed by atoms with Crippen LogP contribution in [0.3, 0.4) is 0 Å². The molecule has 0 aliphatic rings. The molecule has 0 atom stereocenters. The van der Waals surface area contributed by atoms with Crippen molar-refractivity contribution in [3.8, 4) is 11.4 Å². The van der Waals surface area contributed by atoms with E-state index in [4.69, 9.17) is 5.11 Å². The van der Waals surface area contributed by atoms with E-state index in [0.717, 1.165) is 0 Å². The zero-order chi connectivity index (χ0) is 13.8. The quantitative estimate of drug-likeness (QED) is 0.897. The fraction of sp³-hybridized carbons (Fsp3) is 0.231. The lowest BCUT2D eigenvalue weighted by atomic mass is 10.2. The number of carboxylic acids is 1. The van der Waals surface area contributed by atoms with Crippen LogP contribution < -0.4 is 5.56 Å². The highest BCUT2D eigenvalue weighted by molar-refractivity contribution is 5.88. The molecule has 2 rings (SSSR count). The van der Waals surface area contributed by atoms with Crippen LogP contribution in [0.1, 0.15) is 23.7 Å². The van der Waals surface area contributed by atoms with Gasteiger partial charge in [0.05, 0.1) is 5.69 Å². The number of aromatic carboxylic acids is 1. The molecule has 19 heavy (non-hydrogen) atoms. The minimum absolute atomic E-state index is 0.288. The fourth-order valence-corrected chi connectivity index (χ4v) is 1.70. The predicted molar refractivity (Wildman–Crippen MR) is 69.0 cm³/mol. The van der Waals surface area contributed by atoms with E-state index in [2.05, 4.69) is 10.1 Å². The zero-order valence-electron chi connectivity index (χ0n) is 10.4. The van der Waals surface area contributed by atoms with Crippen LogP contribution in [0.2, 0.25) is 0 Å². The second-order valence-corrected chi connectivity index (χ2v) is 3.99. The Balaban J connectivity index is 2.63. The second kappa shape index (κ2) is 5.43. The van der Waals surface area contributed by atoms with Gasteiger partial charge in [0.2, 0.25) is 0 Å². The lowest BCUT2D eigenvalue weighted by Crippen LogP contribution is -2.29. The minimum atomic E-state index is -1.26. The number of hydrogen-bond acceptors (Lipinski definition) is 4. The molecule has 0 aliphatic carbocycles. The highest BCUT2D eigenvalue weighted by Gasteiger charge is 2.15. The number of carboxylic acid groups (broad SMARTS) is 1. The topological polar surface area (TPSA) is 85.1 Å². The summed E-state index contributed by atoms with van der Waals surface area (Å²) in [6, 6.07) is 6.51. The molecule has 0 radical (unpaired) electrons. The molecule has 0 aromatic carbocycles. The van der Waals surface area contributed by atoms with Crippen LogP contribution in [0.5, 0.6) is 0 Å². The average molecular weight is 259 g/mol. The van der Waals surface area contributed by atoms with Crippen LogP contribution in [-0.2, 0) is 6.54 Å². The van der Waals surface area contributed by atoms with Crippen molar-refractivity contribution in [3.63, 3.8) is 0 Å². The average Bonchev–Trinajstić information content (AvgIpc) is 2.42. The SMILES string of the molecule is CCCn1nc(-c2ccccn2)cc(C(=O)O)c1=O. The molecular weight excluding hydrogens is 246 g/mol. The molecule has 0 bridgehead atoms. The summed E-state index contributed by atoms with van der Waals surface area (Å²) in [5.41, 5.74) is 0.0408. The summed E-state index contributed by atoms with van der Waals surface area (Å²) in [6.45, 7) is 2.27. The van der Waals surface area contributed by atoms with E-state index in [9.17, 15) is 9.59 Å². The molecule has 2 aromatic rings. The van der Waals surface area contributed by atoms with Crippen LogP contribution in [0.25, 0.3) is 11.4 Å². The monoisotopic (exact) mass is 259 g/mol. The van der Waals surface area contributed by atoms with Gasteiger partial charge in [0.15, 0.2) is 0 Å². The highest BCUT2D eigenvalue weighted by atomic mass is 16.4. The Labute approximate surface area is 109 Å². The molecule has 0 fully saturated rings. The van der Waals surface area contributed by atoms with Crippen molar-refractivity contribution >= 4 is 5.97 Å². The molecule has 0 spiro atoms. The van der Waals surface area contributed by atoms with Gasteiger partial charge >= 0.3 is 5.97 Å². The Morgan fingerprint density at radius 1 is 1.37 bits per heavy atom. The number of carbonyl (C=O) groups is 1. The molecule has 0 saturated carbocycles. The number of aryl methyl sites for hydroxylation is 1. The predicted octanol–water partition coefficient (Wildman–Crippen LogP) is 1.41. The van der Waals surface area contributed by atoms with E-state index in [-0.39, 0.29) is 5.56 Å². The number of pyridine rings is 1. The van der Waals surface area contributed by atoms with Gasteiger partial charge in [0, 0.05) is 12.7 Å². The molecule has 0 aliphatic heterocycles. The van der Waals surface area contributed by atoms with Crippen LogP contribution >= 0.6 is 0 Å². The summed E-state index contributed by atoms with van der Waals surface area (Å²) in [4.78, 5) is 27.1. The molecule has 0 unspecified atom stereocenters. The Kier molecular flexibility index (Phi) is 3.70. The molecule has 6 nitrogen and oxygen atoms in total. The van der Waals surface area contributed by atoms with Crippen molar-refractivity contribution in [2.45, 2.75) is 19.9 Å². The standard InChI is InChI=1S/C13H13N3O3/c1-2-7-16-12(17)9(13(18)19)8-11(15-16)10-5-3-4-6-14-10/h3-6,8H,2,7H2,1H3,(H,18,19). The summed E-state index contributed by atoms with van der Waals surface area (Å²) in [7, 11) is 0. The van der Waals surface area contributed by atoms with Crippen molar-refractivity contribution < 1.29 is 9.90 Å². The Bertz CT molecular complexity index is 650. The Morgan fingerprint density at radius 2 is 2.16 bits per heavy atom. The maximum Gasteiger partial charge on any atom is 0.341 e. The lowest BCUT2D eigenvalue weighted by molar-refractivity contribution is 0.0693. The number of hydrogen-bond donors (Lipinski definition) is 1. The third kappa shape index (κ3) is 2.67. The van der Waals surface area contributed by atoms with E-state index >= 15 is 0 Å². The van der Waals surface area contributed by atoms with E-state index in [1.807, 2.05) is 6.92 Å². The normalized spacial score (nSPS) is 10.4. The first kappa shape index (κ1) is 12.9. The van der Waals surface area contributed by atoms with Crippen molar-refractivity contribution in [3.05, 3.63) is 46.4 Å². The summed E-state index contributed by atoms with van der Waals surface area (Å²) in [5.74, 6) is -1.26. The molecule has 2 aromatic heterocycles. The smallest absolute Gasteiger partial charge is 0.341 e. The van der Waals surface area contributed by atoms with Crippen LogP contribution in [-0.4, -0.2) is 25.8 Å². The van der Waals surface area contributed by atoms with Gasteiger partial charge in [0.1, 0.15) is 11.3 Å². The Hall–Kier alpha value is -2.50. The van der Waals surface area contributed by atoms with Gasteiger partial charge in [-0.05, 0) is 24.6 Å². The van der Waals surface area contributed by atoms with Crippen LogP contribution in [0.4, 0.5) is 0 Å². The third-order valence-electron chi connectivity index (χ3n) is 2.57. The van der Waals surface area contributed by atoms with Crippen LogP contribution in [0, 0.1) is 0 Å². The van der Waals surface area contributed by atoms with Crippen molar-refractivity contribution in [2.75, 3.05) is 0 Å². The van der Waals surface area contributed by atoms with Gasteiger partial charge in [-0.1, -0.05) is 13.0 Å². The molecule has 1 N–H and O–H groups in total. The molecule has 98 valence electrons. The zero-order valence-corrected chi connectivity index (χ0v) is 10.4. The second-order valence-electron chi connectivity index (χ2n) is 3.99. The van der Waals surface area contributed by atoms with E-state index in [1.165, 1.54) is 10.7 Å². The molecular formula is C13H13N3O3. The number of rotatable bonds is 4. The van der Waals surface area contributed by atoms with Gasteiger partial charge in [-0.15, -0.1) is 0 Å². The maximum absolute atomic E-state index is 11.9. The minimum Gasteiger partial charge on any atom is -0.477 e. The highest BCUT2D eigenvalue weighted by Crippen LogP contribution is 2.13. The molecule has 2 heterocycles. The van der Waals surface area contributed by atoms with E-state index < -0.39 is 11.5 Å². The van der Waals surface area contributed by atoms with Gasteiger partial charge in [-0.25, -0.2) is 9.48 Å². The lowest BCUT2D eigenvalue weighted by Gasteiger charge is -2.07. The van der Waals surface area contributed by atoms with E-state index in [0.29, 0.717) is 24.4 Å². The third-order valence-corrected chi connectivity index (χ3v) is 2.57. The van der Waals surface area contributed by atoms with Gasteiger partial charge in [-0.3, -0.25) is 9.78 Å². The maximum atomic E-state index is 11.9. The van der Waals surface area contributed by atoms with Crippen molar-refractivity contribution in [1.82, 2.24) is 14.8 Å². The molecule has 0 saturated heterocycles. The largest absolute Gasteiger partial charge is 0.477 e. The van der Waals surface area contributed by atoms with Crippen molar-refractivity contribution in [2.24, 2.45) is 0 Å². The first-order valence-corrected chi connectivity index (χ1v) is 5.90. The molecule has 0 amide bonds. The van der Waals surface area contributed by atoms with E-state index in [1.54, 1.807) is 24.4 Å². The first-order valence-electron chi connectivity index (χ1n) is 5.90. The summed E-state index contributed by atoms with van der Waals surface area (Å²) < 4.78 is 1.17. The number of nitrogens with zero attached hydrogens (tertiary/aromatic N) is 3. The van der Waals surface area contributed by atoms with Gasteiger partial charge in [-0.2, -0.15) is 5.10 Å². The van der Waals surface area contributed by atoms with Gasteiger partial charge < -0.3 is 5.11 Å². The first-order chi connectivity index (χ1) is 9.13. The van der Waals surface area contributed by atoms with Crippen molar-refractivity contribution in [1.29, 1.82) is 0 Å².